The maximum Gasteiger partial charge on any atom is 0.0541 e. The predicted octanol–water partition coefficient (Wildman–Crippen LogP) is 14.7. The lowest BCUT2D eigenvalue weighted by Gasteiger charge is -2.16. The second-order valence-electron chi connectivity index (χ2n) is 14.9. The van der Waals surface area contributed by atoms with Gasteiger partial charge in [0.2, 0.25) is 0 Å². The van der Waals surface area contributed by atoms with Gasteiger partial charge in [-0.3, -0.25) is 0 Å². The van der Waals surface area contributed by atoms with E-state index < -0.39 is 0 Å². The molecule has 0 N–H and O–H groups in total. The molecule has 2 nitrogen and oxygen atoms in total. The Kier molecular flexibility index (Phi) is 6.66. The van der Waals surface area contributed by atoms with Crippen LogP contribution >= 0.6 is 0 Å². The Morgan fingerprint density at radius 2 is 0.679 bits per heavy atom. The Morgan fingerprint density at radius 3 is 1.32 bits per heavy atom. The first kappa shape index (κ1) is 31.0. The van der Waals surface area contributed by atoms with Gasteiger partial charge >= 0.3 is 0 Å². The van der Waals surface area contributed by atoms with Crippen molar-refractivity contribution in [2.24, 2.45) is 0 Å². The highest BCUT2D eigenvalue weighted by Crippen LogP contribution is 2.42. The molecule has 2 heteroatoms. The molecule has 0 bridgehead atoms. The molecule has 0 amide bonds. The number of aromatic nitrogens is 2. The van der Waals surface area contributed by atoms with Crippen molar-refractivity contribution in [3.63, 3.8) is 0 Å². The molecular formula is C54H34N2. The Hall–Kier alpha value is -7.42. The van der Waals surface area contributed by atoms with E-state index in [1.165, 1.54) is 110 Å². The Bertz CT molecular complexity index is 3440. The van der Waals surface area contributed by atoms with E-state index in [1.807, 2.05) is 0 Å². The molecule has 0 radical (unpaired) electrons. The van der Waals surface area contributed by atoms with Crippen LogP contribution in [-0.4, -0.2) is 9.13 Å². The molecule has 12 rings (SSSR count). The van der Waals surface area contributed by atoms with Gasteiger partial charge in [-0.1, -0.05) is 158 Å². The molecule has 0 spiro atoms. The smallest absolute Gasteiger partial charge is 0.0541 e. The molecule has 0 saturated heterocycles. The molecule has 0 saturated carbocycles. The lowest BCUT2D eigenvalue weighted by atomic mass is 9.89. The first-order chi connectivity index (χ1) is 27.8. The van der Waals surface area contributed by atoms with E-state index in [2.05, 4.69) is 215 Å². The molecule has 2 aromatic heterocycles. The monoisotopic (exact) mass is 710 g/mol. The Morgan fingerprint density at radius 1 is 0.250 bits per heavy atom. The maximum atomic E-state index is 2.43. The number of benzene rings is 10. The van der Waals surface area contributed by atoms with Crippen LogP contribution in [0.4, 0.5) is 0 Å². The van der Waals surface area contributed by atoms with Crippen molar-refractivity contribution < 1.29 is 0 Å². The van der Waals surface area contributed by atoms with E-state index in [9.17, 15) is 0 Å². The third-order valence-electron chi connectivity index (χ3n) is 11.9. The first-order valence-corrected chi connectivity index (χ1v) is 19.4. The zero-order chi connectivity index (χ0) is 36.7. The van der Waals surface area contributed by atoms with Gasteiger partial charge in [0.05, 0.1) is 27.8 Å². The minimum Gasteiger partial charge on any atom is -0.309 e. The molecule has 0 aliphatic carbocycles. The summed E-state index contributed by atoms with van der Waals surface area (Å²) in [6, 6.07) is 75.8. The van der Waals surface area contributed by atoms with E-state index in [4.69, 9.17) is 0 Å². The summed E-state index contributed by atoms with van der Waals surface area (Å²) in [7, 11) is 0. The highest BCUT2D eigenvalue weighted by molar-refractivity contribution is 6.14. The van der Waals surface area contributed by atoms with Crippen molar-refractivity contribution in [3.05, 3.63) is 206 Å². The number of hydrogen-bond acceptors (Lipinski definition) is 0. The zero-order valence-corrected chi connectivity index (χ0v) is 30.5. The third-order valence-corrected chi connectivity index (χ3v) is 11.9. The lowest BCUT2D eigenvalue weighted by molar-refractivity contribution is 1.19. The van der Waals surface area contributed by atoms with E-state index >= 15 is 0 Å². The van der Waals surface area contributed by atoms with Gasteiger partial charge in [-0.05, 0) is 97.7 Å². The van der Waals surface area contributed by atoms with Crippen molar-refractivity contribution >= 4 is 75.9 Å². The first-order valence-electron chi connectivity index (χ1n) is 19.4. The Balaban J connectivity index is 0.986. The Labute approximate surface area is 323 Å². The van der Waals surface area contributed by atoms with Crippen LogP contribution in [0.3, 0.4) is 0 Å². The molecule has 0 fully saturated rings. The summed E-state index contributed by atoms with van der Waals surface area (Å²) >= 11 is 0. The minimum atomic E-state index is 1.17. The summed E-state index contributed by atoms with van der Waals surface area (Å²) in [5.74, 6) is 0. The van der Waals surface area contributed by atoms with Crippen LogP contribution in [0.2, 0.25) is 0 Å². The summed E-state index contributed by atoms with van der Waals surface area (Å²) in [5.41, 5.74) is 12.2. The molecular weight excluding hydrogens is 677 g/mol. The molecule has 10 aromatic carbocycles. The molecule has 12 aromatic rings. The fourth-order valence-electron chi connectivity index (χ4n) is 9.43. The summed E-state index contributed by atoms with van der Waals surface area (Å²) in [5, 5.41) is 12.5. The van der Waals surface area contributed by atoms with E-state index in [0.29, 0.717) is 0 Å². The third kappa shape index (κ3) is 4.50. The van der Waals surface area contributed by atoms with Crippen molar-refractivity contribution in [1.29, 1.82) is 0 Å². The molecule has 0 aliphatic rings. The van der Waals surface area contributed by atoms with Gasteiger partial charge in [0.15, 0.2) is 0 Å². The standard InChI is InChI=1S/C54H34N2/c1-2-14-41-40(13-1)39(37-28-27-36-34-38(30-29-35(36)33-37)55-50-22-7-3-15-46(50)47-16-4-8-23-51(47)55)31-32-44(41)42-19-11-21-45-43(42)20-12-26-54(45)56-52-24-9-5-17-48(52)49-18-6-10-25-53(49)56/h1-34H. The van der Waals surface area contributed by atoms with Gasteiger partial charge in [0.1, 0.15) is 0 Å². The summed E-state index contributed by atoms with van der Waals surface area (Å²) in [6.07, 6.45) is 0. The maximum absolute atomic E-state index is 2.43. The van der Waals surface area contributed by atoms with Crippen LogP contribution in [-0.2, 0) is 0 Å². The molecule has 2 heterocycles. The van der Waals surface area contributed by atoms with E-state index in [0.717, 1.165) is 0 Å². The fraction of sp³-hybridized carbons (Fsp3) is 0. The average Bonchev–Trinajstić information content (AvgIpc) is 3.78. The summed E-state index contributed by atoms with van der Waals surface area (Å²) < 4.78 is 4.83. The van der Waals surface area contributed by atoms with Crippen LogP contribution in [0.15, 0.2) is 206 Å². The summed E-state index contributed by atoms with van der Waals surface area (Å²) in [6.45, 7) is 0. The highest BCUT2D eigenvalue weighted by atomic mass is 15.0. The molecule has 0 aliphatic heterocycles. The topological polar surface area (TPSA) is 9.86 Å². The molecule has 260 valence electrons. The average molecular weight is 711 g/mol. The minimum absolute atomic E-state index is 1.17. The number of fused-ring (bicyclic) bond motifs is 9. The number of para-hydroxylation sites is 4. The van der Waals surface area contributed by atoms with Crippen LogP contribution in [0.5, 0.6) is 0 Å². The lowest BCUT2D eigenvalue weighted by Crippen LogP contribution is -1.96. The van der Waals surface area contributed by atoms with Crippen molar-refractivity contribution in [3.8, 4) is 33.6 Å². The quantitative estimate of drug-likeness (QED) is 0.172. The van der Waals surface area contributed by atoms with E-state index in [-0.39, 0.29) is 0 Å². The van der Waals surface area contributed by atoms with E-state index in [1.54, 1.807) is 0 Å². The van der Waals surface area contributed by atoms with Gasteiger partial charge in [0, 0.05) is 32.6 Å². The van der Waals surface area contributed by atoms with Gasteiger partial charge in [-0.15, -0.1) is 0 Å². The second kappa shape index (κ2) is 12.0. The van der Waals surface area contributed by atoms with Crippen LogP contribution in [0.25, 0.3) is 110 Å². The van der Waals surface area contributed by atoms with Crippen molar-refractivity contribution in [2.75, 3.05) is 0 Å². The van der Waals surface area contributed by atoms with Crippen LogP contribution in [0, 0.1) is 0 Å². The van der Waals surface area contributed by atoms with Crippen LogP contribution < -0.4 is 0 Å². The zero-order valence-electron chi connectivity index (χ0n) is 30.5. The molecule has 0 atom stereocenters. The number of nitrogens with zero attached hydrogens (tertiary/aromatic N) is 2. The predicted molar refractivity (Wildman–Crippen MR) is 239 cm³/mol. The summed E-state index contributed by atoms with van der Waals surface area (Å²) in [4.78, 5) is 0. The van der Waals surface area contributed by atoms with Gasteiger partial charge < -0.3 is 9.13 Å². The molecule has 56 heavy (non-hydrogen) atoms. The fourth-order valence-corrected chi connectivity index (χ4v) is 9.43. The number of hydrogen-bond donors (Lipinski definition) is 0. The van der Waals surface area contributed by atoms with Gasteiger partial charge in [-0.25, -0.2) is 0 Å². The van der Waals surface area contributed by atoms with Crippen LogP contribution in [0.1, 0.15) is 0 Å². The molecule has 0 unspecified atom stereocenters. The van der Waals surface area contributed by atoms with Gasteiger partial charge in [-0.2, -0.15) is 0 Å². The van der Waals surface area contributed by atoms with Gasteiger partial charge in [0.25, 0.3) is 0 Å². The number of rotatable bonds is 4. The highest BCUT2D eigenvalue weighted by Gasteiger charge is 2.17. The SMILES string of the molecule is c1ccc2c(-c3cccc4c(-n5c6ccccc6c6ccccc65)cccc34)ccc(-c3ccc4cc(-n5c6ccccc6c6ccccc65)ccc4c3)c2c1. The second-order valence-corrected chi connectivity index (χ2v) is 14.9. The van der Waals surface area contributed by atoms with Crippen molar-refractivity contribution in [2.45, 2.75) is 0 Å². The largest absolute Gasteiger partial charge is 0.309 e. The normalized spacial score (nSPS) is 11.9. The van der Waals surface area contributed by atoms with Crippen molar-refractivity contribution in [1.82, 2.24) is 9.13 Å².